The number of nitrogens with zero attached hydrogens (tertiary/aromatic N) is 1. The lowest BCUT2D eigenvalue weighted by Gasteiger charge is -2.19. The van der Waals surface area contributed by atoms with Gasteiger partial charge in [-0.2, -0.15) is 0 Å². The predicted molar refractivity (Wildman–Crippen MR) is 82.4 cm³/mol. The smallest absolute Gasteiger partial charge is 0.336 e. The van der Waals surface area contributed by atoms with E-state index in [2.05, 4.69) is 0 Å². The number of rotatable bonds is 6. The molecule has 0 bridgehead atoms. The lowest BCUT2D eigenvalue weighted by molar-refractivity contribution is -0.143. The molecule has 1 heterocycles. The second kappa shape index (κ2) is 6.95. The third-order valence-corrected chi connectivity index (χ3v) is 3.35. The first-order valence-corrected chi connectivity index (χ1v) is 7.00. The predicted octanol–water partition coefficient (Wildman–Crippen LogP) is 1.35. The fraction of sp³-hybridized carbons (Fsp3) is 0.312. The number of carboxylic acid groups (broad SMARTS) is 1. The van der Waals surface area contributed by atoms with Crippen molar-refractivity contribution in [1.29, 1.82) is 0 Å². The highest BCUT2D eigenvalue weighted by molar-refractivity contribution is 5.80. The van der Waals surface area contributed by atoms with Crippen LogP contribution >= 0.6 is 0 Å². The van der Waals surface area contributed by atoms with Crippen molar-refractivity contribution in [1.82, 2.24) is 4.90 Å². The Morgan fingerprint density at radius 2 is 2.00 bits per heavy atom. The largest absolute Gasteiger partial charge is 0.484 e. The maximum atomic E-state index is 11.9. The zero-order valence-electron chi connectivity index (χ0n) is 12.8. The van der Waals surface area contributed by atoms with Gasteiger partial charge < -0.3 is 19.2 Å². The molecule has 0 aliphatic carbocycles. The monoisotopic (exact) mass is 319 g/mol. The van der Waals surface area contributed by atoms with E-state index in [0.29, 0.717) is 11.3 Å². The number of amides is 1. The van der Waals surface area contributed by atoms with E-state index in [1.165, 1.54) is 31.0 Å². The molecule has 0 aliphatic rings. The van der Waals surface area contributed by atoms with Crippen LogP contribution < -0.4 is 10.4 Å². The maximum Gasteiger partial charge on any atom is 0.336 e. The Hall–Kier alpha value is -2.83. The van der Waals surface area contributed by atoms with Crippen molar-refractivity contribution >= 4 is 22.8 Å². The molecule has 0 saturated heterocycles. The van der Waals surface area contributed by atoms with Gasteiger partial charge in [0.2, 0.25) is 0 Å². The molecule has 7 nitrogen and oxygen atoms in total. The van der Waals surface area contributed by atoms with E-state index in [9.17, 15) is 14.4 Å². The van der Waals surface area contributed by atoms with Crippen LogP contribution in [0.4, 0.5) is 0 Å². The second-order valence-electron chi connectivity index (χ2n) is 5.26. The highest BCUT2D eigenvalue weighted by Gasteiger charge is 2.17. The van der Waals surface area contributed by atoms with Crippen LogP contribution in [0, 0.1) is 5.92 Å². The minimum absolute atomic E-state index is 0.101. The van der Waals surface area contributed by atoms with Crippen molar-refractivity contribution in [2.24, 2.45) is 5.92 Å². The zero-order valence-corrected chi connectivity index (χ0v) is 12.8. The standard InChI is InChI=1S/C16H17NO6/c1-10(16(20)21)8-17(2)14(18)9-22-12-5-3-11-4-6-15(19)23-13(11)7-12/h3-7,10H,8-9H2,1-2H3,(H,20,21). The number of hydrogen-bond donors (Lipinski definition) is 1. The van der Waals surface area contributed by atoms with Gasteiger partial charge in [0, 0.05) is 31.1 Å². The molecular formula is C16H17NO6. The van der Waals surface area contributed by atoms with E-state index in [1.807, 2.05) is 0 Å². The number of ether oxygens (including phenoxy) is 1. The zero-order chi connectivity index (χ0) is 17.0. The summed E-state index contributed by atoms with van der Waals surface area (Å²) in [6.45, 7) is 1.40. The van der Waals surface area contributed by atoms with Crippen LogP contribution in [0.3, 0.4) is 0 Å². The number of aliphatic carboxylic acids is 1. The van der Waals surface area contributed by atoms with Crippen molar-refractivity contribution in [3.63, 3.8) is 0 Å². The Labute approximate surface area is 132 Å². The summed E-state index contributed by atoms with van der Waals surface area (Å²) in [6, 6.07) is 7.87. The van der Waals surface area contributed by atoms with Gasteiger partial charge in [-0.3, -0.25) is 9.59 Å². The number of carboxylic acids is 1. The second-order valence-corrected chi connectivity index (χ2v) is 5.26. The average molecular weight is 319 g/mol. The molecule has 0 fully saturated rings. The summed E-state index contributed by atoms with van der Waals surface area (Å²) in [5, 5.41) is 9.58. The number of carbonyl (C=O) groups excluding carboxylic acids is 1. The molecule has 0 aliphatic heterocycles. The molecule has 122 valence electrons. The molecule has 1 aromatic heterocycles. The van der Waals surface area contributed by atoms with E-state index in [-0.39, 0.29) is 19.1 Å². The van der Waals surface area contributed by atoms with E-state index in [1.54, 1.807) is 18.2 Å². The van der Waals surface area contributed by atoms with Gasteiger partial charge >= 0.3 is 11.6 Å². The van der Waals surface area contributed by atoms with Crippen LogP contribution in [-0.4, -0.2) is 42.1 Å². The summed E-state index contributed by atoms with van der Waals surface area (Å²) >= 11 is 0. The summed E-state index contributed by atoms with van der Waals surface area (Å²) in [4.78, 5) is 35.2. The normalized spacial score (nSPS) is 11.9. The van der Waals surface area contributed by atoms with Crippen LogP contribution in [0.1, 0.15) is 6.92 Å². The lowest BCUT2D eigenvalue weighted by Crippen LogP contribution is -2.36. The molecule has 0 radical (unpaired) electrons. The molecule has 23 heavy (non-hydrogen) atoms. The highest BCUT2D eigenvalue weighted by Crippen LogP contribution is 2.19. The van der Waals surface area contributed by atoms with E-state index >= 15 is 0 Å². The maximum absolute atomic E-state index is 11.9. The van der Waals surface area contributed by atoms with E-state index < -0.39 is 17.5 Å². The van der Waals surface area contributed by atoms with Crippen molar-refractivity contribution < 1.29 is 23.8 Å². The number of hydrogen-bond acceptors (Lipinski definition) is 5. The van der Waals surface area contributed by atoms with Crippen molar-refractivity contribution in [3.8, 4) is 5.75 Å². The van der Waals surface area contributed by atoms with Crippen molar-refractivity contribution in [3.05, 3.63) is 40.8 Å². The molecule has 1 aromatic carbocycles. The summed E-state index contributed by atoms with van der Waals surface area (Å²) in [5.74, 6) is -1.57. The SMILES string of the molecule is CC(CN(C)C(=O)COc1ccc2ccc(=O)oc2c1)C(=O)O. The molecule has 1 N–H and O–H groups in total. The van der Waals surface area contributed by atoms with Crippen molar-refractivity contribution in [2.75, 3.05) is 20.2 Å². The first-order chi connectivity index (χ1) is 10.9. The minimum atomic E-state index is -0.963. The van der Waals surface area contributed by atoms with E-state index in [4.69, 9.17) is 14.3 Å². The first kappa shape index (κ1) is 16.5. The number of fused-ring (bicyclic) bond motifs is 1. The van der Waals surface area contributed by atoms with Crippen LogP contribution in [0.25, 0.3) is 11.0 Å². The molecular weight excluding hydrogens is 302 g/mol. The Morgan fingerprint density at radius 3 is 2.70 bits per heavy atom. The third kappa shape index (κ3) is 4.32. The molecule has 2 rings (SSSR count). The number of likely N-dealkylation sites (N-methyl/N-ethyl adjacent to an activating group) is 1. The summed E-state index contributed by atoms with van der Waals surface area (Å²) in [6.07, 6.45) is 0. The van der Waals surface area contributed by atoms with Gasteiger partial charge in [-0.25, -0.2) is 4.79 Å². The molecule has 1 unspecified atom stereocenters. The van der Waals surface area contributed by atoms with Gasteiger partial charge in [0.05, 0.1) is 5.92 Å². The fourth-order valence-corrected chi connectivity index (χ4v) is 1.98. The van der Waals surface area contributed by atoms with Crippen LogP contribution in [0.5, 0.6) is 5.75 Å². The molecule has 0 saturated carbocycles. The van der Waals surface area contributed by atoms with E-state index in [0.717, 1.165) is 5.39 Å². The van der Waals surface area contributed by atoms with Gasteiger partial charge in [0.15, 0.2) is 6.61 Å². The Bertz CT molecular complexity index is 781. The van der Waals surface area contributed by atoms with Gasteiger partial charge in [0.25, 0.3) is 5.91 Å². The highest BCUT2D eigenvalue weighted by atomic mass is 16.5. The molecule has 1 atom stereocenters. The van der Waals surface area contributed by atoms with Gasteiger partial charge in [-0.05, 0) is 18.2 Å². The van der Waals surface area contributed by atoms with Crippen LogP contribution in [-0.2, 0) is 9.59 Å². The summed E-state index contributed by atoms with van der Waals surface area (Å²) < 4.78 is 10.4. The van der Waals surface area contributed by atoms with Crippen LogP contribution in [0.2, 0.25) is 0 Å². The van der Waals surface area contributed by atoms with Crippen molar-refractivity contribution in [2.45, 2.75) is 6.92 Å². The lowest BCUT2D eigenvalue weighted by atomic mass is 10.2. The number of benzene rings is 1. The molecule has 7 heteroatoms. The average Bonchev–Trinajstić information content (AvgIpc) is 2.51. The first-order valence-electron chi connectivity index (χ1n) is 7.00. The topological polar surface area (TPSA) is 97.0 Å². The quantitative estimate of drug-likeness (QED) is 0.807. The van der Waals surface area contributed by atoms with Gasteiger partial charge in [-0.15, -0.1) is 0 Å². The third-order valence-electron chi connectivity index (χ3n) is 3.35. The Kier molecular flexibility index (Phi) is 5.00. The Balaban J connectivity index is 1.98. The van der Waals surface area contributed by atoms with Gasteiger partial charge in [-0.1, -0.05) is 6.92 Å². The summed E-state index contributed by atoms with van der Waals surface area (Å²) in [5.41, 5.74) is -0.0941. The minimum Gasteiger partial charge on any atom is -0.484 e. The fourth-order valence-electron chi connectivity index (χ4n) is 1.98. The summed E-state index contributed by atoms with van der Waals surface area (Å²) in [7, 11) is 1.52. The number of carbonyl (C=O) groups is 2. The van der Waals surface area contributed by atoms with Crippen LogP contribution in [0.15, 0.2) is 39.5 Å². The molecule has 2 aromatic rings. The van der Waals surface area contributed by atoms with Gasteiger partial charge in [0.1, 0.15) is 11.3 Å². The Morgan fingerprint density at radius 1 is 1.30 bits per heavy atom. The molecule has 0 spiro atoms. The molecule has 1 amide bonds.